The van der Waals surface area contributed by atoms with Gasteiger partial charge in [0.25, 0.3) is 5.91 Å². The van der Waals surface area contributed by atoms with Crippen molar-refractivity contribution in [2.24, 2.45) is 0 Å². The first kappa shape index (κ1) is 17.2. The number of amides is 2. The Hall–Kier alpha value is -2.14. The van der Waals surface area contributed by atoms with Crippen molar-refractivity contribution in [3.8, 4) is 0 Å². The van der Waals surface area contributed by atoms with Crippen molar-refractivity contribution in [2.45, 2.75) is 20.8 Å². The first-order valence-corrected chi connectivity index (χ1v) is 8.07. The molecule has 0 aliphatic heterocycles. The van der Waals surface area contributed by atoms with Gasteiger partial charge in [0, 0.05) is 15.7 Å². The summed E-state index contributed by atoms with van der Waals surface area (Å²) in [6.07, 6.45) is 0. The molecule has 0 radical (unpaired) electrons. The van der Waals surface area contributed by atoms with E-state index in [1.54, 1.807) is 0 Å². The number of hydrogen-bond acceptors (Lipinski definition) is 2. The van der Waals surface area contributed by atoms with Crippen LogP contribution in [0.5, 0.6) is 0 Å². The van der Waals surface area contributed by atoms with E-state index in [9.17, 15) is 9.59 Å². The van der Waals surface area contributed by atoms with E-state index in [2.05, 4.69) is 26.6 Å². The molecule has 0 unspecified atom stereocenters. The predicted molar refractivity (Wildman–Crippen MR) is 95.8 cm³/mol. The van der Waals surface area contributed by atoms with Crippen LogP contribution in [0.1, 0.15) is 27.0 Å². The van der Waals surface area contributed by atoms with Crippen LogP contribution in [0.4, 0.5) is 5.69 Å². The van der Waals surface area contributed by atoms with Crippen LogP contribution in [-0.4, -0.2) is 18.4 Å². The Kier molecular flexibility index (Phi) is 5.55. The molecule has 120 valence electrons. The van der Waals surface area contributed by atoms with Gasteiger partial charge in [0.15, 0.2) is 0 Å². The topological polar surface area (TPSA) is 58.2 Å². The lowest BCUT2D eigenvalue weighted by molar-refractivity contribution is -0.115. The molecule has 2 amide bonds. The van der Waals surface area contributed by atoms with E-state index in [-0.39, 0.29) is 18.4 Å². The van der Waals surface area contributed by atoms with Crippen molar-refractivity contribution >= 4 is 33.4 Å². The minimum atomic E-state index is -0.255. The molecule has 0 aliphatic rings. The van der Waals surface area contributed by atoms with Gasteiger partial charge in [-0.25, -0.2) is 0 Å². The van der Waals surface area contributed by atoms with Crippen molar-refractivity contribution in [1.82, 2.24) is 5.32 Å². The van der Waals surface area contributed by atoms with Crippen LogP contribution in [0, 0.1) is 20.8 Å². The Bertz CT molecular complexity index is 757. The Morgan fingerprint density at radius 3 is 2.43 bits per heavy atom. The van der Waals surface area contributed by atoms with E-state index in [0.717, 1.165) is 26.9 Å². The third kappa shape index (κ3) is 4.66. The SMILES string of the molecule is Cc1ccc(C)c(C(=O)NCC(=O)Nc2ccc(Br)cc2C)c1. The molecular weight excluding hydrogens is 356 g/mol. The average molecular weight is 375 g/mol. The highest BCUT2D eigenvalue weighted by Gasteiger charge is 2.11. The summed E-state index contributed by atoms with van der Waals surface area (Å²) in [5.74, 6) is -0.497. The standard InChI is InChI=1S/C18H19BrN2O2/c1-11-4-5-12(2)15(8-11)18(23)20-10-17(22)21-16-7-6-14(19)9-13(16)3/h4-9H,10H2,1-3H3,(H,20,23)(H,21,22). The number of nitrogens with one attached hydrogen (secondary N) is 2. The van der Waals surface area contributed by atoms with E-state index in [1.165, 1.54) is 0 Å². The molecule has 5 heteroatoms. The molecule has 2 N–H and O–H groups in total. The van der Waals surface area contributed by atoms with E-state index >= 15 is 0 Å². The second-order valence-electron chi connectivity index (χ2n) is 5.51. The molecule has 4 nitrogen and oxygen atoms in total. The fourth-order valence-electron chi connectivity index (χ4n) is 2.20. The van der Waals surface area contributed by atoms with Crippen LogP contribution in [0.25, 0.3) is 0 Å². The monoisotopic (exact) mass is 374 g/mol. The lowest BCUT2D eigenvalue weighted by Gasteiger charge is -2.11. The van der Waals surface area contributed by atoms with E-state index < -0.39 is 0 Å². The van der Waals surface area contributed by atoms with Crippen molar-refractivity contribution in [1.29, 1.82) is 0 Å². The number of aryl methyl sites for hydroxylation is 3. The molecule has 0 aromatic heterocycles. The highest BCUT2D eigenvalue weighted by atomic mass is 79.9. The third-order valence-electron chi connectivity index (χ3n) is 3.51. The van der Waals surface area contributed by atoms with Crippen LogP contribution in [0.3, 0.4) is 0 Å². The molecule has 2 rings (SSSR count). The molecular formula is C18H19BrN2O2. The summed E-state index contributed by atoms with van der Waals surface area (Å²) in [4.78, 5) is 24.2. The van der Waals surface area contributed by atoms with Crippen LogP contribution < -0.4 is 10.6 Å². The molecule has 2 aromatic carbocycles. The Balaban J connectivity index is 1.96. The van der Waals surface area contributed by atoms with Gasteiger partial charge in [-0.15, -0.1) is 0 Å². The first-order chi connectivity index (χ1) is 10.9. The Labute approximate surface area is 144 Å². The normalized spacial score (nSPS) is 10.3. The number of rotatable bonds is 4. The molecule has 0 spiro atoms. The number of benzene rings is 2. The fraction of sp³-hybridized carbons (Fsp3) is 0.222. The highest BCUT2D eigenvalue weighted by molar-refractivity contribution is 9.10. The first-order valence-electron chi connectivity index (χ1n) is 7.28. The van der Waals surface area contributed by atoms with Gasteiger partial charge in [-0.2, -0.15) is 0 Å². The molecule has 2 aromatic rings. The molecule has 0 bridgehead atoms. The predicted octanol–water partition coefficient (Wildman–Crippen LogP) is 3.74. The van der Waals surface area contributed by atoms with E-state index in [1.807, 2.05) is 57.2 Å². The fourth-order valence-corrected chi connectivity index (χ4v) is 2.67. The van der Waals surface area contributed by atoms with Gasteiger partial charge < -0.3 is 10.6 Å². The van der Waals surface area contributed by atoms with Crippen LogP contribution in [0.2, 0.25) is 0 Å². The van der Waals surface area contributed by atoms with Crippen molar-refractivity contribution in [2.75, 3.05) is 11.9 Å². The minimum absolute atomic E-state index is 0.0677. The van der Waals surface area contributed by atoms with Gasteiger partial charge in [-0.1, -0.05) is 33.6 Å². The van der Waals surface area contributed by atoms with Crippen LogP contribution in [-0.2, 0) is 4.79 Å². The minimum Gasteiger partial charge on any atom is -0.343 e. The summed E-state index contributed by atoms with van der Waals surface area (Å²) >= 11 is 3.38. The number of halogens is 1. The van der Waals surface area contributed by atoms with Gasteiger partial charge in [0.05, 0.1) is 6.54 Å². The highest BCUT2D eigenvalue weighted by Crippen LogP contribution is 2.19. The van der Waals surface area contributed by atoms with Crippen LogP contribution in [0.15, 0.2) is 40.9 Å². The molecule has 0 fully saturated rings. The summed E-state index contributed by atoms with van der Waals surface area (Å²) in [5.41, 5.74) is 4.18. The zero-order chi connectivity index (χ0) is 17.0. The lowest BCUT2D eigenvalue weighted by Crippen LogP contribution is -2.33. The van der Waals surface area contributed by atoms with Gasteiger partial charge in [-0.05, 0) is 56.2 Å². The van der Waals surface area contributed by atoms with Gasteiger partial charge in [-0.3, -0.25) is 9.59 Å². The molecule has 0 saturated carbocycles. The van der Waals surface area contributed by atoms with Gasteiger partial charge >= 0.3 is 0 Å². The summed E-state index contributed by atoms with van der Waals surface area (Å²) in [6.45, 7) is 5.65. The van der Waals surface area contributed by atoms with Gasteiger partial charge in [0.1, 0.15) is 0 Å². The summed E-state index contributed by atoms with van der Waals surface area (Å²) in [6, 6.07) is 11.3. The number of anilines is 1. The third-order valence-corrected chi connectivity index (χ3v) is 4.00. The molecule has 0 aliphatic carbocycles. The maximum atomic E-state index is 12.2. The van der Waals surface area contributed by atoms with E-state index in [0.29, 0.717) is 5.56 Å². The molecule has 0 atom stereocenters. The lowest BCUT2D eigenvalue weighted by atomic mass is 10.1. The smallest absolute Gasteiger partial charge is 0.251 e. The maximum Gasteiger partial charge on any atom is 0.251 e. The van der Waals surface area contributed by atoms with Gasteiger partial charge in [0.2, 0.25) is 5.91 Å². The zero-order valence-corrected chi connectivity index (χ0v) is 15.0. The second kappa shape index (κ2) is 7.42. The number of carbonyl (C=O) groups excluding carboxylic acids is 2. The number of hydrogen-bond donors (Lipinski definition) is 2. The second-order valence-corrected chi connectivity index (χ2v) is 6.42. The molecule has 0 saturated heterocycles. The number of carbonyl (C=O) groups is 2. The van der Waals surface area contributed by atoms with E-state index in [4.69, 9.17) is 0 Å². The average Bonchev–Trinajstić information content (AvgIpc) is 2.50. The molecule has 0 heterocycles. The van der Waals surface area contributed by atoms with Crippen molar-refractivity contribution in [3.63, 3.8) is 0 Å². The van der Waals surface area contributed by atoms with Crippen molar-refractivity contribution < 1.29 is 9.59 Å². The maximum absolute atomic E-state index is 12.2. The Morgan fingerprint density at radius 1 is 1.00 bits per heavy atom. The zero-order valence-electron chi connectivity index (χ0n) is 13.4. The van der Waals surface area contributed by atoms with Crippen LogP contribution >= 0.6 is 15.9 Å². The quantitative estimate of drug-likeness (QED) is 0.855. The Morgan fingerprint density at radius 2 is 1.74 bits per heavy atom. The summed E-state index contributed by atoms with van der Waals surface area (Å²) < 4.78 is 0.955. The van der Waals surface area contributed by atoms with Crippen molar-refractivity contribution in [3.05, 3.63) is 63.1 Å². The molecule has 23 heavy (non-hydrogen) atoms. The summed E-state index contributed by atoms with van der Waals surface area (Å²) in [5, 5.41) is 5.45. The largest absolute Gasteiger partial charge is 0.343 e. The summed E-state index contributed by atoms with van der Waals surface area (Å²) in [7, 11) is 0.